The molecule has 1 heterocycles. The smallest absolute Gasteiger partial charge is 0.320 e. The van der Waals surface area contributed by atoms with Gasteiger partial charge in [-0.3, -0.25) is 9.69 Å². The number of nitrogens with one attached hydrogen (secondary N) is 1. The second-order valence-electron chi connectivity index (χ2n) is 7.34. The average molecular weight is 419 g/mol. The van der Waals surface area contributed by atoms with Crippen molar-refractivity contribution in [3.63, 3.8) is 0 Å². The minimum atomic E-state index is -1.57. The van der Waals surface area contributed by atoms with Crippen LogP contribution in [0.5, 0.6) is 0 Å². The molecule has 28 heavy (non-hydrogen) atoms. The molecular weight excluding hydrogens is 399 g/mol. The summed E-state index contributed by atoms with van der Waals surface area (Å²) in [5, 5.41) is 15.3. The lowest BCUT2D eigenvalue weighted by atomic mass is 9.71. The number of fused-ring (bicyclic) bond motifs is 1. The van der Waals surface area contributed by atoms with E-state index >= 15 is 0 Å². The first-order valence-electron chi connectivity index (χ1n) is 9.22. The molecular formula is C21H20Cl2N2O3. The van der Waals surface area contributed by atoms with Gasteiger partial charge in [-0.25, -0.2) is 4.79 Å². The molecule has 7 heteroatoms. The summed E-state index contributed by atoms with van der Waals surface area (Å²) in [7, 11) is 0. The minimum absolute atomic E-state index is 0.0807. The van der Waals surface area contributed by atoms with E-state index in [1.54, 1.807) is 18.2 Å². The maximum Gasteiger partial charge on any atom is 0.320 e. The lowest BCUT2D eigenvalue weighted by Crippen LogP contribution is -2.69. The number of carbonyl (C=O) groups is 2. The number of amides is 2. The van der Waals surface area contributed by atoms with Crippen molar-refractivity contribution in [1.82, 2.24) is 10.2 Å². The molecule has 2 unspecified atom stereocenters. The van der Waals surface area contributed by atoms with Gasteiger partial charge in [-0.2, -0.15) is 0 Å². The van der Waals surface area contributed by atoms with Crippen molar-refractivity contribution in [3.05, 3.63) is 69.7 Å². The van der Waals surface area contributed by atoms with Gasteiger partial charge in [-0.1, -0.05) is 59.6 Å². The second kappa shape index (κ2) is 7.39. The van der Waals surface area contributed by atoms with Crippen LogP contribution in [0.2, 0.25) is 10.0 Å². The molecule has 0 spiro atoms. The first kappa shape index (κ1) is 19.2. The third-order valence-electron chi connectivity index (χ3n) is 5.62. The van der Waals surface area contributed by atoms with Gasteiger partial charge in [0, 0.05) is 16.5 Å². The summed E-state index contributed by atoms with van der Waals surface area (Å²) in [4.78, 5) is 27.3. The topological polar surface area (TPSA) is 69.6 Å². The Labute approximate surface area is 173 Å². The first-order chi connectivity index (χ1) is 13.4. The van der Waals surface area contributed by atoms with Crippen molar-refractivity contribution in [1.29, 1.82) is 0 Å². The Hall–Kier alpha value is -2.08. The zero-order chi connectivity index (χ0) is 19.9. The van der Waals surface area contributed by atoms with E-state index in [0.717, 1.165) is 5.56 Å². The molecule has 1 saturated carbocycles. The van der Waals surface area contributed by atoms with Crippen LogP contribution < -0.4 is 5.32 Å². The number of aliphatic hydroxyl groups is 1. The van der Waals surface area contributed by atoms with E-state index in [0.29, 0.717) is 34.9 Å². The molecule has 146 valence electrons. The van der Waals surface area contributed by atoms with Crippen molar-refractivity contribution in [3.8, 4) is 0 Å². The highest BCUT2D eigenvalue weighted by Gasteiger charge is 2.57. The molecule has 3 atom stereocenters. The van der Waals surface area contributed by atoms with Crippen LogP contribution in [0.15, 0.2) is 48.5 Å². The molecule has 2 amide bonds. The number of hydrogen-bond donors (Lipinski definition) is 2. The van der Waals surface area contributed by atoms with Gasteiger partial charge in [-0.05, 0) is 36.1 Å². The van der Waals surface area contributed by atoms with Crippen LogP contribution in [0.3, 0.4) is 0 Å². The number of carbonyl (C=O) groups excluding carboxylic acids is 2. The van der Waals surface area contributed by atoms with Gasteiger partial charge in [0.15, 0.2) is 5.72 Å². The number of Topliss-reactive ketones (excluding diaryl/α,β-unsaturated/α-hetero) is 1. The number of hydrogen-bond acceptors (Lipinski definition) is 3. The number of urea groups is 1. The zero-order valence-electron chi connectivity index (χ0n) is 15.1. The predicted molar refractivity (Wildman–Crippen MR) is 107 cm³/mol. The van der Waals surface area contributed by atoms with Crippen LogP contribution in [0.4, 0.5) is 4.79 Å². The number of rotatable bonds is 3. The monoisotopic (exact) mass is 418 g/mol. The zero-order valence-corrected chi connectivity index (χ0v) is 16.6. The van der Waals surface area contributed by atoms with Gasteiger partial charge in [0.2, 0.25) is 0 Å². The molecule has 2 aliphatic rings. The lowest BCUT2D eigenvalue weighted by Gasteiger charge is -2.53. The van der Waals surface area contributed by atoms with Crippen LogP contribution >= 0.6 is 23.2 Å². The van der Waals surface area contributed by atoms with Crippen LogP contribution in [-0.2, 0) is 11.3 Å². The van der Waals surface area contributed by atoms with E-state index in [1.807, 2.05) is 30.3 Å². The Morgan fingerprint density at radius 2 is 1.89 bits per heavy atom. The molecule has 0 radical (unpaired) electrons. The summed E-state index contributed by atoms with van der Waals surface area (Å²) in [6.07, 6.45) is 1.24. The van der Waals surface area contributed by atoms with E-state index in [1.165, 1.54) is 4.90 Å². The SMILES string of the molecule is O=C1CCC[C@@]2(O)C1C(c1ccc(Cl)cc1Cl)NC(=O)N2Cc1ccccc1. The fourth-order valence-corrected chi connectivity index (χ4v) is 4.83. The summed E-state index contributed by atoms with van der Waals surface area (Å²) in [5.74, 6) is -0.885. The summed E-state index contributed by atoms with van der Waals surface area (Å²) in [5.41, 5.74) is -0.107. The van der Waals surface area contributed by atoms with Gasteiger partial charge in [0.25, 0.3) is 0 Å². The Morgan fingerprint density at radius 1 is 1.14 bits per heavy atom. The molecule has 2 aromatic carbocycles. The number of halogens is 2. The highest BCUT2D eigenvalue weighted by Crippen LogP contribution is 2.46. The van der Waals surface area contributed by atoms with Gasteiger partial charge in [-0.15, -0.1) is 0 Å². The second-order valence-corrected chi connectivity index (χ2v) is 8.18. The van der Waals surface area contributed by atoms with Crippen LogP contribution in [0.25, 0.3) is 0 Å². The molecule has 1 saturated heterocycles. The minimum Gasteiger partial charge on any atom is -0.370 e. The summed E-state index contributed by atoms with van der Waals surface area (Å²) >= 11 is 12.4. The van der Waals surface area contributed by atoms with Gasteiger partial charge >= 0.3 is 6.03 Å². The first-order valence-corrected chi connectivity index (χ1v) is 9.98. The van der Waals surface area contributed by atoms with Gasteiger partial charge in [0.05, 0.1) is 18.5 Å². The van der Waals surface area contributed by atoms with E-state index in [4.69, 9.17) is 23.2 Å². The van der Waals surface area contributed by atoms with E-state index in [-0.39, 0.29) is 12.3 Å². The molecule has 5 nitrogen and oxygen atoms in total. The molecule has 0 bridgehead atoms. The van der Waals surface area contributed by atoms with Gasteiger partial charge < -0.3 is 10.4 Å². The van der Waals surface area contributed by atoms with Crippen molar-refractivity contribution in [2.45, 2.75) is 37.6 Å². The fraction of sp³-hybridized carbons (Fsp3) is 0.333. The Bertz CT molecular complexity index is 921. The van der Waals surface area contributed by atoms with Crippen molar-refractivity contribution in [2.75, 3.05) is 0 Å². The Balaban J connectivity index is 1.75. The molecule has 2 N–H and O–H groups in total. The van der Waals surface area contributed by atoms with Crippen LogP contribution in [-0.4, -0.2) is 27.5 Å². The normalized spacial score (nSPS) is 27.3. The summed E-state index contributed by atoms with van der Waals surface area (Å²) in [6.45, 7) is 0.216. The molecule has 2 aromatic rings. The standard InChI is InChI=1S/C21H20Cl2N2O3/c22-14-8-9-15(16(23)11-14)19-18-17(26)7-4-10-21(18,28)25(20(27)24-19)12-13-5-2-1-3-6-13/h1-3,5-6,8-9,11,18-19,28H,4,7,10,12H2,(H,24,27)/t18?,19?,21-/m1/s1. The quantitative estimate of drug-likeness (QED) is 0.779. The molecule has 2 fully saturated rings. The Morgan fingerprint density at radius 3 is 2.61 bits per heavy atom. The van der Waals surface area contributed by atoms with Crippen molar-refractivity contribution in [2.24, 2.45) is 5.92 Å². The third-order valence-corrected chi connectivity index (χ3v) is 6.18. The van der Waals surface area contributed by atoms with Crippen molar-refractivity contribution < 1.29 is 14.7 Å². The van der Waals surface area contributed by atoms with Crippen molar-refractivity contribution >= 4 is 35.0 Å². The largest absolute Gasteiger partial charge is 0.370 e. The maximum absolute atomic E-state index is 13.0. The molecule has 0 aromatic heterocycles. The Kier molecular flexibility index (Phi) is 5.08. The number of benzene rings is 2. The molecule has 1 aliphatic heterocycles. The van der Waals surface area contributed by atoms with Gasteiger partial charge in [0.1, 0.15) is 5.78 Å². The summed E-state index contributed by atoms with van der Waals surface area (Å²) in [6, 6.07) is 13.2. The lowest BCUT2D eigenvalue weighted by molar-refractivity contribution is -0.180. The third kappa shape index (κ3) is 3.28. The predicted octanol–water partition coefficient (Wildman–Crippen LogP) is 4.32. The number of ketones is 1. The molecule has 4 rings (SSSR count). The number of nitrogens with zero attached hydrogens (tertiary/aromatic N) is 1. The van der Waals surface area contributed by atoms with E-state index in [9.17, 15) is 14.7 Å². The maximum atomic E-state index is 13.0. The van der Waals surface area contributed by atoms with Crippen LogP contribution in [0.1, 0.15) is 36.4 Å². The molecule has 1 aliphatic carbocycles. The fourth-order valence-electron chi connectivity index (χ4n) is 4.30. The highest BCUT2D eigenvalue weighted by molar-refractivity contribution is 6.35. The average Bonchev–Trinajstić information content (AvgIpc) is 2.65. The highest BCUT2D eigenvalue weighted by atomic mass is 35.5. The van der Waals surface area contributed by atoms with E-state index < -0.39 is 23.7 Å². The summed E-state index contributed by atoms with van der Waals surface area (Å²) < 4.78 is 0. The van der Waals surface area contributed by atoms with Crippen LogP contribution in [0, 0.1) is 5.92 Å². The van der Waals surface area contributed by atoms with E-state index in [2.05, 4.69) is 5.32 Å².